The third kappa shape index (κ3) is 3.04. The van der Waals surface area contributed by atoms with Crippen molar-refractivity contribution < 1.29 is 0 Å². The average Bonchev–Trinajstić information content (AvgIpc) is 2.28. The number of hydrogen-bond donors (Lipinski definition) is 0. The van der Waals surface area contributed by atoms with E-state index in [4.69, 9.17) is 0 Å². The van der Waals surface area contributed by atoms with Gasteiger partial charge in [0.25, 0.3) is 0 Å². The van der Waals surface area contributed by atoms with Crippen molar-refractivity contribution in [3.8, 4) is 0 Å². The summed E-state index contributed by atoms with van der Waals surface area (Å²) in [5.41, 5.74) is 1.92. The third-order valence-electron chi connectivity index (χ3n) is 4.82. The van der Waals surface area contributed by atoms with E-state index in [9.17, 15) is 0 Å². The summed E-state index contributed by atoms with van der Waals surface area (Å²) in [6.07, 6.45) is 13.3. The third-order valence-corrected chi connectivity index (χ3v) is 5.91. The van der Waals surface area contributed by atoms with Crippen molar-refractivity contribution in [2.75, 3.05) is 6.26 Å². The number of allylic oxidation sites excluding steroid dienone is 4. The SMILES string of the molecule is C/C=C1/C=C\CC(SC)CCC1(C(C)C)C(C)C. The Labute approximate surface area is 118 Å². The second-order valence-electron chi connectivity index (χ2n) is 6.13. The van der Waals surface area contributed by atoms with Gasteiger partial charge in [-0.2, -0.15) is 11.8 Å². The average molecular weight is 266 g/mol. The van der Waals surface area contributed by atoms with Gasteiger partial charge in [0.1, 0.15) is 0 Å². The van der Waals surface area contributed by atoms with Gasteiger partial charge in [-0.15, -0.1) is 0 Å². The van der Waals surface area contributed by atoms with E-state index in [0.29, 0.717) is 17.3 Å². The number of hydrogen-bond acceptors (Lipinski definition) is 1. The Hall–Kier alpha value is -0.170. The lowest BCUT2D eigenvalue weighted by atomic mass is 9.61. The second kappa shape index (κ2) is 6.84. The Balaban J connectivity index is 3.17. The maximum Gasteiger partial charge on any atom is 0.00792 e. The first kappa shape index (κ1) is 15.9. The quantitative estimate of drug-likeness (QED) is 0.631. The van der Waals surface area contributed by atoms with E-state index < -0.39 is 0 Å². The molecule has 1 heteroatoms. The summed E-state index contributed by atoms with van der Waals surface area (Å²) in [6, 6.07) is 0. The van der Waals surface area contributed by atoms with Crippen LogP contribution in [-0.4, -0.2) is 11.5 Å². The van der Waals surface area contributed by atoms with Gasteiger partial charge in [-0.25, -0.2) is 0 Å². The zero-order valence-electron chi connectivity index (χ0n) is 13.0. The molecule has 0 N–H and O–H groups in total. The first-order chi connectivity index (χ1) is 8.48. The van der Waals surface area contributed by atoms with E-state index in [1.807, 2.05) is 11.8 Å². The maximum absolute atomic E-state index is 2.41. The van der Waals surface area contributed by atoms with E-state index in [2.05, 4.69) is 59.1 Å². The summed E-state index contributed by atoms with van der Waals surface area (Å²) >= 11 is 2.03. The lowest BCUT2D eigenvalue weighted by Gasteiger charge is -2.44. The van der Waals surface area contributed by atoms with Crippen LogP contribution in [-0.2, 0) is 0 Å². The molecule has 0 aromatic rings. The topological polar surface area (TPSA) is 0 Å². The van der Waals surface area contributed by atoms with Gasteiger partial charge in [-0.05, 0) is 55.3 Å². The van der Waals surface area contributed by atoms with Gasteiger partial charge >= 0.3 is 0 Å². The molecular weight excluding hydrogens is 236 g/mol. The van der Waals surface area contributed by atoms with Crippen molar-refractivity contribution in [2.24, 2.45) is 17.3 Å². The molecule has 0 spiro atoms. The fourth-order valence-electron chi connectivity index (χ4n) is 3.65. The Morgan fingerprint density at radius 3 is 2.33 bits per heavy atom. The molecule has 0 nitrogen and oxygen atoms in total. The molecule has 1 rings (SSSR count). The molecule has 0 aliphatic heterocycles. The summed E-state index contributed by atoms with van der Waals surface area (Å²) in [5.74, 6) is 1.41. The zero-order chi connectivity index (χ0) is 13.8. The van der Waals surface area contributed by atoms with Crippen molar-refractivity contribution in [1.82, 2.24) is 0 Å². The van der Waals surface area contributed by atoms with E-state index in [1.54, 1.807) is 5.57 Å². The highest BCUT2D eigenvalue weighted by Gasteiger charge is 2.39. The van der Waals surface area contributed by atoms with Crippen LogP contribution in [0, 0.1) is 17.3 Å². The molecule has 0 aromatic carbocycles. The predicted molar refractivity (Wildman–Crippen MR) is 86.2 cm³/mol. The minimum atomic E-state index is 0.361. The molecule has 0 saturated carbocycles. The molecule has 0 saturated heterocycles. The van der Waals surface area contributed by atoms with Gasteiger partial charge in [0.15, 0.2) is 0 Å². The summed E-state index contributed by atoms with van der Waals surface area (Å²) in [7, 11) is 0. The summed E-state index contributed by atoms with van der Waals surface area (Å²) in [6.45, 7) is 11.8. The first-order valence-corrected chi connectivity index (χ1v) is 8.63. The minimum Gasteiger partial charge on any atom is -0.162 e. The van der Waals surface area contributed by atoms with Crippen LogP contribution in [0.5, 0.6) is 0 Å². The molecule has 1 atom stereocenters. The fraction of sp³-hybridized carbons (Fsp3) is 0.765. The lowest BCUT2D eigenvalue weighted by molar-refractivity contribution is 0.146. The molecule has 0 bridgehead atoms. The molecule has 0 heterocycles. The molecule has 0 radical (unpaired) electrons. The molecule has 0 aromatic heterocycles. The Kier molecular flexibility index (Phi) is 6.04. The van der Waals surface area contributed by atoms with Crippen molar-refractivity contribution in [2.45, 2.75) is 59.1 Å². The van der Waals surface area contributed by atoms with Gasteiger partial charge < -0.3 is 0 Å². The molecule has 1 aliphatic carbocycles. The van der Waals surface area contributed by atoms with Crippen LogP contribution in [0.4, 0.5) is 0 Å². The molecule has 1 aliphatic rings. The summed E-state index contributed by atoms with van der Waals surface area (Å²) < 4.78 is 0. The first-order valence-electron chi connectivity index (χ1n) is 7.35. The monoisotopic (exact) mass is 266 g/mol. The Morgan fingerprint density at radius 1 is 1.28 bits per heavy atom. The highest BCUT2D eigenvalue weighted by molar-refractivity contribution is 7.99. The molecule has 1 unspecified atom stereocenters. The van der Waals surface area contributed by atoms with E-state index in [1.165, 1.54) is 19.3 Å². The van der Waals surface area contributed by atoms with Gasteiger partial charge in [0, 0.05) is 5.25 Å². The van der Waals surface area contributed by atoms with Crippen molar-refractivity contribution in [3.05, 3.63) is 23.8 Å². The van der Waals surface area contributed by atoms with Crippen molar-refractivity contribution in [3.63, 3.8) is 0 Å². The molecule has 0 fully saturated rings. The normalized spacial score (nSPS) is 28.4. The minimum absolute atomic E-state index is 0.361. The Morgan fingerprint density at radius 2 is 1.89 bits per heavy atom. The van der Waals surface area contributed by atoms with Crippen LogP contribution in [0.3, 0.4) is 0 Å². The molecular formula is C17H30S. The molecule has 18 heavy (non-hydrogen) atoms. The molecule has 0 amide bonds. The van der Waals surface area contributed by atoms with E-state index in [-0.39, 0.29) is 0 Å². The smallest absolute Gasteiger partial charge is 0.00792 e. The fourth-order valence-corrected chi connectivity index (χ4v) is 4.31. The zero-order valence-corrected chi connectivity index (χ0v) is 13.8. The van der Waals surface area contributed by atoms with Crippen molar-refractivity contribution in [1.29, 1.82) is 0 Å². The Bertz CT molecular complexity index is 302. The maximum atomic E-state index is 2.41. The highest BCUT2D eigenvalue weighted by atomic mass is 32.2. The number of thioether (sulfide) groups is 1. The van der Waals surface area contributed by atoms with Gasteiger partial charge in [0.05, 0.1) is 0 Å². The highest BCUT2D eigenvalue weighted by Crippen LogP contribution is 2.49. The van der Waals surface area contributed by atoms with Crippen LogP contribution in [0.2, 0.25) is 0 Å². The van der Waals surface area contributed by atoms with Gasteiger partial charge in [0.2, 0.25) is 0 Å². The summed E-state index contributed by atoms with van der Waals surface area (Å²) in [4.78, 5) is 0. The molecule has 104 valence electrons. The van der Waals surface area contributed by atoms with Crippen LogP contribution < -0.4 is 0 Å². The number of rotatable bonds is 3. The van der Waals surface area contributed by atoms with Gasteiger partial charge in [-0.3, -0.25) is 0 Å². The van der Waals surface area contributed by atoms with E-state index >= 15 is 0 Å². The predicted octanol–water partition coefficient (Wildman–Crippen LogP) is 5.70. The second-order valence-corrected chi connectivity index (χ2v) is 7.27. The van der Waals surface area contributed by atoms with E-state index in [0.717, 1.165) is 5.25 Å². The van der Waals surface area contributed by atoms with Crippen molar-refractivity contribution >= 4 is 11.8 Å². The summed E-state index contributed by atoms with van der Waals surface area (Å²) in [5, 5.41) is 0.802. The van der Waals surface area contributed by atoms with Crippen LogP contribution in [0.25, 0.3) is 0 Å². The standard InChI is InChI=1S/C17H30S/c1-7-15-9-8-10-16(18-6)11-12-17(15,13(2)3)14(4)5/h7-9,13-14,16H,10-12H2,1-6H3/b9-8-,15-7-. The van der Waals surface area contributed by atoms with Gasteiger partial charge in [-0.1, -0.05) is 45.9 Å². The largest absolute Gasteiger partial charge is 0.162 e. The lowest BCUT2D eigenvalue weighted by Crippen LogP contribution is -2.36. The van der Waals surface area contributed by atoms with Crippen LogP contribution >= 0.6 is 11.8 Å². The van der Waals surface area contributed by atoms with Crippen LogP contribution in [0.15, 0.2) is 23.8 Å². The van der Waals surface area contributed by atoms with Crippen LogP contribution in [0.1, 0.15) is 53.9 Å².